The molecule has 5 rings (SSSR count). The highest BCUT2D eigenvalue weighted by Gasteiger charge is 2.22. The molecule has 2 N–H and O–H groups in total. The Balaban J connectivity index is 1.49. The summed E-state index contributed by atoms with van der Waals surface area (Å²) in [5.41, 5.74) is 4.82. The van der Waals surface area contributed by atoms with Crippen molar-refractivity contribution in [2.45, 2.75) is 33.4 Å². The SMILES string of the molecule is Cc1noc(C)c1-c1ccc2nc(N3CCN(C[C@H](C)O)CC3)nc(NCc3cccc(Cl)c3)c2c1. The zero-order valence-corrected chi connectivity index (χ0v) is 21.6. The summed E-state index contributed by atoms with van der Waals surface area (Å²) in [6, 6.07) is 14.0. The molecule has 9 heteroatoms. The Morgan fingerprint density at radius 1 is 1.08 bits per heavy atom. The van der Waals surface area contributed by atoms with Gasteiger partial charge in [0.1, 0.15) is 11.6 Å². The smallest absolute Gasteiger partial charge is 0.227 e. The number of fused-ring (bicyclic) bond motifs is 1. The minimum Gasteiger partial charge on any atom is -0.392 e. The number of piperazine rings is 1. The summed E-state index contributed by atoms with van der Waals surface area (Å²) in [5.74, 6) is 2.26. The Bertz CT molecular complexity index is 1340. The van der Waals surface area contributed by atoms with Crippen LogP contribution in [0.3, 0.4) is 0 Å². The maximum absolute atomic E-state index is 9.73. The van der Waals surface area contributed by atoms with Gasteiger partial charge in [-0.25, -0.2) is 4.98 Å². The van der Waals surface area contributed by atoms with Gasteiger partial charge < -0.3 is 19.8 Å². The topological polar surface area (TPSA) is 90.6 Å². The Labute approximate surface area is 215 Å². The summed E-state index contributed by atoms with van der Waals surface area (Å²) in [4.78, 5) is 14.4. The molecule has 0 aliphatic carbocycles. The molecule has 1 aliphatic rings. The second-order valence-electron chi connectivity index (χ2n) is 9.42. The lowest BCUT2D eigenvalue weighted by Gasteiger charge is -2.35. The van der Waals surface area contributed by atoms with Crippen LogP contribution in [0.1, 0.15) is 23.9 Å². The number of rotatable bonds is 7. The first-order chi connectivity index (χ1) is 17.4. The fourth-order valence-corrected chi connectivity index (χ4v) is 4.99. The van der Waals surface area contributed by atoms with E-state index in [1.807, 2.05) is 51.1 Å². The number of nitrogens with one attached hydrogen (secondary N) is 1. The lowest BCUT2D eigenvalue weighted by Crippen LogP contribution is -2.48. The number of aromatic nitrogens is 3. The van der Waals surface area contributed by atoms with Crippen LogP contribution in [0.5, 0.6) is 0 Å². The molecule has 0 saturated carbocycles. The molecular formula is C27H31ClN6O2. The third kappa shape index (κ3) is 5.31. The van der Waals surface area contributed by atoms with Crippen LogP contribution < -0.4 is 10.2 Å². The van der Waals surface area contributed by atoms with Crippen molar-refractivity contribution in [2.75, 3.05) is 42.9 Å². The van der Waals surface area contributed by atoms with Gasteiger partial charge in [0.25, 0.3) is 0 Å². The highest BCUT2D eigenvalue weighted by atomic mass is 35.5. The molecule has 1 atom stereocenters. The summed E-state index contributed by atoms with van der Waals surface area (Å²) in [6.45, 7) is 10.3. The maximum atomic E-state index is 9.73. The van der Waals surface area contributed by atoms with Crippen molar-refractivity contribution in [1.82, 2.24) is 20.0 Å². The van der Waals surface area contributed by atoms with Gasteiger partial charge in [0, 0.05) is 55.2 Å². The van der Waals surface area contributed by atoms with Gasteiger partial charge >= 0.3 is 0 Å². The second kappa shape index (κ2) is 10.4. The van der Waals surface area contributed by atoms with Crippen molar-refractivity contribution in [3.63, 3.8) is 0 Å². The summed E-state index contributed by atoms with van der Waals surface area (Å²) >= 11 is 6.20. The number of aliphatic hydroxyl groups is 1. The predicted octanol–water partition coefficient (Wildman–Crippen LogP) is 4.67. The molecule has 1 aliphatic heterocycles. The summed E-state index contributed by atoms with van der Waals surface area (Å²) in [5, 5.41) is 19.0. The average molecular weight is 507 g/mol. The standard InChI is InChI=1S/C27H31ClN6O2/c1-17(35)16-33-9-11-34(12-10-33)27-30-24-8-7-21(25-18(2)32-36-19(25)3)14-23(24)26(31-27)29-15-20-5-4-6-22(28)13-20/h4-8,13-14,17,35H,9-12,15-16H2,1-3H3,(H,29,30,31)/t17-/m0/s1. The number of anilines is 2. The molecule has 2 aromatic carbocycles. The molecule has 0 amide bonds. The fourth-order valence-electron chi connectivity index (χ4n) is 4.78. The van der Waals surface area contributed by atoms with E-state index in [1.54, 1.807) is 0 Å². The number of hydrogen-bond acceptors (Lipinski definition) is 8. The largest absolute Gasteiger partial charge is 0.392 e. The molecule has 0 unspecified atom stereocenters. The lowest BCUT2D eigenvalue weighted by atomic mass is 10.0. The third-order valence-corrected chi connectivity index (χ3v) is 6.77. The Morgan fingerprint density at radius 2 is 1.89 bits per heavy atom. The van der Waals surface area contributed by atoms with Crippen LogP contribution in [0.2, 0.25) is 5.02 Å². The van der Waals surface area contributed by atoms with E-state index in [4.69, 9.17) is 26.1 Å². The van der Waals surface area contributed by atoms with Crippen molar-refractivity contribution in [3.05, 3.63) is 64.5 Å². The zero-order valence-electron chi connectivity index (χ0n) is 20.8. The van der Waals surface area contributed by atoms with Crippen LogP contribution in [-0.4, -0.2) is 64.0 Å². The summed E-state index contributed by atoms with van der Waals surface area (Å²) in [6.07, 6.45) is -0.331. The van der Waals surface area contributed by atoms with Crippen LogP contribution in [0.4, 0.5) is 11.8 Å². The minimum atomic E-state index is -0.331. The first-order valence-corrected chi connectivity index (χ1v) is 12.6. The van der Waals surface area contributed by atoms with E-state index >= 15 is 0 Å². The van der Waals surface area contributed by atoms with E-state index in [0.717, 1.165) is 71.0 Å². The molecule has 188 valence electrons. The molecule has 1 fully saturated rings. The molecule has 2 aromatic heterocycles. The maximum Gasteiger partial charge on any atom is 0.227 e. The second-order valence-corrected chi connectivity index (χ2v) is 9.86. The van der Waals surface area contributed by atoms with Crippen LogP contribution in [-0.2, 0) is 6.54 Å². The quantitative estimate of drug-likeness (QED) is 0.373. The average Bonchev–Trinajstić information content (AvgIpc) is 3.20. The fraction of sp³-hybridized carbons (Fsp3) is 0.370. The van der Waals surface area contributed by atoms with Crippen LogP contribution in [0.25, 0.3) is 22.0 Å². The number of nitrogens with zero attached hydrogens (tertiary/aromatic N) is 5. The van der Waals surface area contributed by atoms with Crippen LogP contribution >= 0.6 is 11.6 Å². The monoisotopic (exact) mass is 506 g/mol. The number of β-amino-alcohol motifs (C(OH)–C–C–N with tert-alkyl or cyclic N) is 1. The van der Waals surface area contributed by atoms with E-state index in [-0.39, 0.29) is 6.10 Å². The van der Waals surface area contributed by atoms with Gasteiger partial charge in [0.05, 0.1) is 17.3 Å². The molecule has 4 aromatic rings. The molecular weight excluding hydrogens is 476 g/mol. The molecule has 3 heterocycles. The van der Waals surface area contributed by atoms with E-state index in [1.165, 1.54) is 0 Å². The van der Waals surface area contributed by atoms with Crippen LogP contribution in [0, 0.1) is 13.8 Å². The molecule has 0 bridgehead atoms. The van der Waals surface area contributed by atoms with E-state index < -0.39 is 0 Å². The Morgan fingerprint density at radius 3 is 2.58 bits per heavy atom. The summed E-state index contributed by atoms with van der Waals surface area (Å²) < 4.78 is 5.40. The van der Waals surface area contributed by atoms with E-state index in [0.29, 0.717) is 24.1 Å². The number of aliphatic hydroxyl groups excluding tert-OH is 1. The zero-order chi connectivity index (χ0) is 25.2. The predicted molar refractivity (Wildman–Crippen MR) is 144 cm³/mol. The minimum absolute atomic E-state index is 0.331. The molecule has 36 heavy (non-hydrogen) atoms. The van der Waals surface area contributed by atoms with Crippen molar-refractivity contribution >= 4 is 34.3 Å². The molecule has 1 saturated heterocycles. The normalized spacial score (nSPS) is 15.4. The van der Waals surface area contributed by atoms with Crippen molar-refractivity contribution in [1.29, 1.82) is 0 Å². The van der Waals surface area contributed by atoms with Gasteiger partial charge in [-0.2, -0.15) is 4.98 Å². The number of hydrogen-bond donors (Lipinski definition) is 2. The highest BCUT2D eigenvalue weighted by Crippen LogP contribution is 2.32. The molecule has 0 radical (unpaired) electrons. The van der Waals surface area contributed by atoms with Crippen molar-refractivity contribution in [3.8, 4) is 11.1 Å². The summed E-state index contributed by atoms with van der Waals surface area (Å²) in [7, 11) is 0. The first kappa shape index (κ1) is 24.5. The third-order valence-electron chi connectivity index (χ3n) is 6.53. The molecule has 0 spiro atoms. The number of benzene rings is 2. The van der Waals surface area contributed by atoms with E-state index in [2.05, 4.69) is 32.4 Å². The van der Waals surface area contributed by atoms with Gasteiger partial charge in [0.15, 0.2) is 0 Å². The van der Waals surface area contributed by atoms with Gasteiger partial charge in [-0.05, 0) is 56.2 Å². The van der Waals surface area contributed by atoms with Crippen LogP contribution in [0.15, 0.2) is 47.0 Å². The van der Waals surface area contributed by atoms with Crippen molar-refractivity contribution in [2.24, 2.45) is 0 Å². The van der Waals surface area contributed by atoms with Gasteiger partial charge in [-0.15, -0.1) is 0 Å². The highest BCUT2D eigenvalue weighted by molar-refractivity contribution is 6.30. The van der Waals surface area contributed by atoms with E-state index in [9.17, 15) is 5.11 Å². The number of halogens is 1. The van der Waals surface area contributed by atoms with Gasteiger partial charge in [-0.1, -0.05) is 35.0 Å². The van der Waals surface area contributed by atoms with Gasteiger partial charge in [-0.3, -0.25) is 4.90 Å². The van der Waals surface area contributed by atoms with Gasteiger partial charge in [0.2, 0.25) is 5.95 Å². The number of aryl methyl sites for hydroxylation is 2. The first-order valence-electron chi connectivity index (χ1n) is 12.3. The Hall–Kier alpha value is -3.20. The van der Waals surface area contributed by atoms with Crippen molar-refractivity contribution < 1.29 is 9.63 Å². The lowest BCUT2D eigenvalue weighted by molar-refractivity contribution is 0.122. The molecule has 8 nitrogen and oxygen atoms in total. The Kier molecular flexibility index (Phi) is 7.09.